The first-order valence-corrected chi connectivity index (χ1v) is 9.39. The van der Waals surface area contributed by atoms with E-state index in [0.717, 1.165) is 48.7 Å². The third-order valence-electron chi connectivity index (χ3n) is 4.83. The van der Waals surface area contributed by atoms with Crippen LogP contribution in [0.5, 0.6) is 11.5 Å². The Morgan fingerprint density at radius 1 is 1.36 bits per heavy atom. The molecular weight excluding hydrogens is 336 g/mol. The summed E-state index contributed by atoms with van der Waals surface area (Å²) in [7, 11) is 3.35. The number of thiazole rings is 1. The number of rotatable bonds is 6. The van der Waals surface area contributed by atoms with E-state index in [9.17, 15) is 4.79 Å². The van der Waals surface area contributed by atoms with E-state index in [4.69, 9.17) is 9.47 Å². The fourth-order valence-corrected chi connectivity index (χ4v) is 4.13. The lowest BCUT2D eigenvalue weighted by Crippen LogP contribution is -2.28. The van der Waals surface area contributed by atoms with Gasteiger partial charge in [-0.15, -0.1) is 11.3 Å². The molecule has 134 valence electrons. The number of hydrogen-bond donors (Lipinski definition) is 0. The van der Waals surface area contributed by atoms with E-state index in [0.29, 0.717) is 12.3 Å². The van der Waals surface area contributed by atoms with Crippen molar-refractivity contribution in [3.05, 3.63) is 39.8 Å². The molecule has 1 atom stereocenters. The SMILES string of the molecule is COc1ccc(OC)c([C@H]2CCN(C(=O)CCc3scnc3C)C2)c1. The van der Waals surface area contributed by atoms with Crippen LogP contribution in [0.3, 0.4) is 0 Å². The van der Waals surface area contributed by atoms with E-state index in [1.807, 2.05) is 35.5 Å². The van der Waals surface area contributed by atoms with Gasteiger partial charge in [-0.05, 0) is 38.0 Å². The summed E-state index contributed by atoms with van der Waals surface area (Å²) in [5, 5.41) is 0. The van der Waals surface area contributed by atoms with Crippen molar-refractivity contribution in [1.29, 1.82) is 0 Å². The van der Waals surface area contributed by atoms with Crippen molar-refractivity contribution >= 4 is 17.2 Å². The van der Waals surface area contributed by atoms with Gasteiger partial charge in [0.15, 0.2) is 0 Å². The molecule has 2 aromatic rings. The molecule has 0 spiro atoms. The Morgan fingerprint density at radius 2 is 2.20 bits per heavy atom. The Balaban J connectivity index is 1.63. The zero-order valence-corrected chi connectivity index (χ0v) is 15.8. The molecule has 0 aliphatic carbocycles. The van der Waals surface area contributed by atoms with Gasteiger partial charge >= 0.3 is 0 Å². The van der Waals surface area contributed by atoms with Gasteiger partial charge in [-0.3, -0.25) is 4.79 Å². The van der Waals surface area contributed by atoms with Gasteiger partial charge in [0.1, 0.15) is 11.5 Å². The van der Waals surface area contributed by atoms with Crippen molar-refractivity contribution in [3.63, 3.8) is 0 Å². The molecule has 1 aliphatic heterocycles. The van der Waals surface area contributed by atoms with Crippen LogP contribution in [0.4, 0.5) is 0 Å². The van der Waals surface area contributed by atoms with E-state index < -0.39 is 0 Å². The van der Waals surface area contributed by atoms with Crippen LogP contribution in [0.2, 0.25) is 0 Å². The van der Waals surface area contributed by atoms with Gasteiger partial charge in [0, 0.05) is 35.9 Å². The van der Waals surface area contributed by atoms with E-state index in [1.54, 1.807) is 25.6 Å². The molecule has 1 saturated heterocycles. The number of carbonyl (C=O) groups is 1. The maximum absolute atomic E-state index is 12.6. The predicted octanol–water partition coefficient (Wildman–Crippen LogP) is 3.42. The molecule has 1 aromatic carbocycles. The second kappa shape index (κ2) is 7.87. The minimum absolute atomic E-state index is 0.220. The Hall–Kier alpha value is -2.08. The van der Waals surface area contributed by atoms with Gasteiger partial charge in [-0.2, -0.15) is 0 Å². The van der Waals surface area contributed by atoms with Crippen LogP contribution in [0.25, 0.3) is 0 Å². The van der Waals surface area contributed by atoms with Crippen molar-refractivity contribution in [3.8, 4) is 11.5 Å². The molecule has 2 heterocycles. The van der Waals surface area contributed by atoms with Crippen LogP contribution < -0.4 is 9.47 Å². The Bertz CT molecular complexity index is 744. The third-order valence-corrected chi connectivity index (χ3v) is 5.82. The summed E-state index contributed by atoms with van der Waals surface area (Å²) < 4.78 is 10.8. The van der Waals surface area contributed by atoms with Crippen LogP contribution in [-0.2, 0) is 11.2 Å². The van der Waals surface area contributed by atoms with Crippen molar-refractivity contribution < 1.29 is 14.3 Å². The molecule has 3 rings (SSSR count). The normalized spacial score (nSPS) is 16.9. The topological polar surface area (TPSA) is 51.7 Å². The number of ether oxygens (including phenoxy) is 2. The maximum atomic E-state index is 12.6. The highest BCUT2D eigenvalue weighted by Crippen LogP contribution is 2.36. The smallest absolute Gasteiger partial charge is 0.222 e. The summed E-state index contributed by atoms with van der Waals surface area (Å²) in [6, 6.07) is 5.86. The van der Waals surface area contributed by atoms with Gasteiger partial charge in [-0.1, -0.05) is 0 Å². The fraction of sp³-hybridized carbons (Fsp3) is 0.474. The lowest BCUT2D eigenvalue weighted by Gasteiger charge is -2.18. The number of aryl methyl sites for hydroxylation is 2. The molecule has 0 N–H and O–H groups in total. The lowest BCUT2D eigenvalue weighted by molar-refractivity contribution is -0.130. The van der Waals surface area contributed by atoms with Crippen molar-refractivity contribution in [2.75, 3.05) is 27.3 Å². The Kier molecular flexibility index (Phi) is 5.58. The highest BCUT2D eigenvalue weighted by molar-refractivity contribution is 7.09. The highest BCUT2D eigenvalue weighted by atomic mass is 32.1. The summed E-state index contributed by atoms with van der Waals surface area (Å²) in [5.74, 6) is 2.19. The fourth-order valence-electron chi connectivity index (χ4n) is 3.34. The summed E-state index contributed by atoms with van der Waals surface area (Å²) in [4.78, 5) is 20.0. The number of amides is 1. The third kappa shape index (κ3) is 3.95. The molecule has 0 bridgehead atoms. The molecule has 1 aromatic heterocycles. The zero-order valence-electron chi connectivity index (χ0n) is 14.9. The highest BCUT2D eigenvalue weighted by Gasteiger charge is 2.29. The lowest BCUT2D eigenvalue weighted by atomic mass is 9.97. The number of nitrogens with zero attached hydrogens (tertiary/aromatic N) is 2. The Labute approximate surface area is 152 Å². The molecule has 1 fully saturated rings. The van der Waals surface area contributed by atoms with Gasteiger partial charge in [-0.25, -0.2) is 4.98 Å². The minimum atomic E-state index is 0.220. The monoisotopic (exact) mass is 360 g/mol. The maximum Gasteiger partial charge on any atom is 0.222 e. The van der Waals surface area contributed by atoms with E-state index in [2.05, 4.69) is 4.98 Å². The standard InChI is InChI=1S/C19H24N2O3S/c1-13-18(25-12-20-13)6-7-19(22)21-9-8-14(11-21)16-10-15(23-2)4-5-17(16)24-3/h4-5,10,12,14H,6-9,11H2,1-3H3/t14-/m0/s1. The average molecular weight is 360 g/mol. The zero-order chi connectivity index (χ0) is 17.8. The number of aromatic nitrogens is 1. The first kappa shape index (κ1) is 17.7. The number of carbonyl (C=O) groups excluding carboxylic acids is 1. The summed E-state index contributed by atoms with van der Waals surface area (Å²) in [6.07, 6.45) is 2.28. The number of methoxy groups -OCH3 is 2. The summed E-state index contributed by atoms with van der Waals surface area (Å²) >= 11 is 1.63. The molecule has 25 heavy (non-hydrogen) atoms. The first-order chi connectivity index (χ1) is 12.1. The van der Waals surface area contributed by atoms with Crippen molar-refractivity contribution in [1.82, 2.24) is 9.88 Å². The average Bonchev–Trinajstić information content (AvgIpc) is 3.28. The molecule has 0 saturated carbocycles. The van der Waals surface area contributed by atoms with E-state index in [-0.39, 0.29) is 5.91 Å². The largest absolute Gasteiger partial charge is 0.497 e. The number of likely N-dealkylation sites (tertiary alicyclic amines) is 1. The van der Waals surface area contributed by atoms with Gasteiger partial charge < -0.3 is 14.4 Å². The molecule has 1 aliphatic rings. The summed E-state index contributed by atoms with van der Waals surface area (Å²) in [5.41, 5.74) is 4.00. The molecular formula is C19H24N2O3S. The molecule has 0 radical (unpaired) electrons. The van der Waals surface area contributed by atoms with Crippen LogP contribution >= 0.6 is 11.3 Å². The molecule has 1 amide bonds. The van der Waals surface area contributed by atoms with E-state index >= 15 is 0 Å². The van der Waals surface area contributed by atoms with E-state index in [1.165, 1.54) is 4.88 Å². The summed E-state index contributed by atoms with van der Waals surface area (Å²) in [6.45, 7) is 3.53. The minimum Gasteiger partial charge on any atom is -0.497 e. The Morgan fingerprint density at radius 3 is 2.88 bits per heavy atom. The predicted molar refractivity (Wildman–Crippen MR) is 98.7 cm³/mol. The molecule has 5 nitrogen and oxygen atoms in total. The number of benzene rings is 1. The van der Waals surface area contributed by atoms with Crippen LogP contribution in [0.15, 0.2) is 23.7 Å². The van der Waals surface area contributed by atoms with Crippen LogP contribution in [0.1, 0.15) is 34.9 Å². The molecule has 6 heteroatoms. The van der Waals surface area contributed by atoms with Crippen molar-refractivity contribution in [2.24, 2.45) is 0 Å². The van der Waals surface area contributed by atoms with Gasteiger partial charge in [0.05, 0.1) is 25.4 Å². The number of hydrogen-bond acceptors (Lipinski definition) is 5. The second-order valence-electron chi connectivity index (χ2n) is 6.29. The van der Waals surface area contributed by atoms with Crippen molar-refractivity contribution in [2.45, 2.75) is 32.1 Å². The quantitative estimate of drug-likeness (QED) is 0.792. The second-order valence-corrected chi connectivity index (χ2v) is 7.23. The molecule has 0 unspecified atom stereocenters. The van der Waals surface area contributed by atoms with Gasteiger partial charge in [0.25, 0.3) is 0 Å². The van der Waals surface area contributed by atoms with Crippen LogP contribution in [-0.4, -0.2) is 43.1 Å². The van der Waals surface area contributed by atoms with Gasteiger partial charge in [0.2, 0.25) is 5.91 Å². The first-order valence-electron chi connectivity index (χ1n) is 8.51. The van der Waals surface area contributed by atoms with Crippen LogP contribution in [0, 0.1) is 6.92 Å².